The van der Waals surface area contributed by atoms with E-state index in [1.54, 1.807) is 12.1 Å². The lowest BCUT2D eigenvalue weighted by Crippen LogP contribution is -2.20. The number of carbonyl (C=O) groups is 1. The molecule has 0 aliphatic carbocycles. The van der Waals surface area contributed by atoms with Gasteiger partial charge in [0.15, 0.2) is 0 Å². The third kappa shape index (κ3) is 2.72. The Bertz CT molecular complexity index is 1170. The lowest BCUT2D eigenvalue weighted by molar-refractivity contribution is 0.102. The number of anilines is 1. The Morgan fingerprint density at radius 1 is 0.920 bits per heavy atom. The molecule has 1 heterocycles. The van der Waals surface area contributed by atoms with E-state index in [-0.39, 0.29) is 16.9 Å². The number of phenols is 1. The fraction of sp³-hybridized carbons (Fsp3) is 0. The molecular weight excluding hydrogens is 318 g/mol. The highest BCUT2D eigenvalue weighted by molar-refractivity contribution is 6.09. The number of nitrogens with one attached hydrogen (secondary N) is 1. The van der Waals surface area contributed by atoms with E-state index in [0.29, 0.717) is 11.1 Å². The maximum atomic E-state index is 12.6. The van der Waals surface area contributed by atoms with E-state index in [1.165, 1.54) is 18.2 Å². The van der Waals surface area contributed by atoms with Crippen LogP contribution in [-0.2, 0) is 0 Å². The zero-order valence-electron chi connectivity index (χ0n) is 13.0. The van der Waals surface area contributed by atoms with Gasteiger partial charge in [-0.3, -0.25) is 4.79 Å². The van der Waals surface area contributed by atoms with Gasteiger partial charge in [-0.05, 0) is 29.7 Å². The first-order chi connectivity index (χ1) is 12.1. The largest absolute Gasteiger partial charge is 0.508 e. The van der Waals surface area contributed by atoms with Crippen LogP contribution >= 0.6 is 0 Å². The van der Waals surface area contributed by atoms with E-state index in [2.05, 4.69) is 5.32 Å². The standard InChI is InChI=1S/C20H13NO4/c22-14-9-8-13-10-16(20(24)25-18(13)11-14)19(23)21-17-7-3-5-12-4-1-2-6-15(12)17/h1-11,22H,(H,21,23). The van der Waals surface area contributed by atoms with Crippen LogP contribution in [0.4, 0.5) is 5.69 Å². The third-order valence-corrected chi connectivity index (χ3v) is 4.00. The van der Waals surface area contributed by atoms with Crippen molar-refractivity contribution in [2.75, 3.05) is 5.32 Å². The average Bonchev–Trinajstić information content (AvgIpc) is 2.61. The van der Waals surface area contributed by atoms with Gasteiger partial charge < -0.3 is 14.8 Å². The van der Waals surface area contributed by atoms with Crippen molar-refractivity contribution in [3.05, 3.63) is 82.7 Å². The summed E-state index contributed by atoms with van der Waals surface area (Å²) >= 11 is 0. The number of hydrogen-bond donors (Lipinski definition) is 2. The number of fused-ring (bicyclic) bond motifs is 2. The molecule has 0 radical (unpaired) electrons. The Balaban J connectivity index is 1.76. The summed E-state index contributed by atoms with van der Waals surface area (Å²) in [7, 11) is 0. The van der Waals surface area contributed by atoms with Crippen LogP contribution in [0.1, 0.15) is 10.4 Å². The summed E-state index contributed by atoms with van der Waals surface area (Å²) in [6.07, 6.45) is 0. The summed E-state index contributed by atoms with van der Waals surface area (Å²) in [5, 5.41) is 14.6. The van der Waals surface area contributed by atoms with Gasteiger partial charge in [-0.15, -0.1) is 0 Å². The van der Waals surface area contributed by atoms with E-state index in [0.717, 1.165) is 10.8 Å². The van der Waals surface area contributed by atoms with Crippen molar-refractivity contribution in [1.82, 2.24) is 0 Å². The van der Waals surface area contributed by atoms with Crippen LogP contribution in [0.25, 0.3) is 21.7 Å². The molecule has 4 aromatic rings. The number of carbonyl (C=O) groups excluding carboxylic acids is 1. The molecule has 5 heteroatoms. The maximum absolute atomic E-state index is 12.6. The second-order valence-corrected chi connectivity index (χ2v) is 5.65. The Labute approximate surface area is 142 Å². The molecule has 2 N–H and O–H groups in total. The topological polar surface area (TPSA) is 79.5 Å². The van der Waals surface area contributed by atoms with Gasteiger partial charge in [-0.1, -0.05) is 36.4 Å². The van der Waals surface area contributed by atoms with Crippen molar-refractivity contribution in [3.63, 3.8) is 0 Å². The first-order valence-corrected chi connectivity index (χ1v) is 7.68. The lowest BCUT2D eigenvalue weighted by atomic mass is 10.1. The summed E-state index contributed by atoms with van der Waals surface area (Å²) in [5.74, 6) is -0.552. The van der Waals surface area contributed by atoms with Crippen LogP contribution < -0.4 is 10.9 Å². The molecule has 0 fully saturated rings. The van der Waals surface area contributed by atoms with Gasteiger partial charge in [0.1, 0.15) is 16.9 Å². The summed E-state index contributed by atoms with van der Waals surface area (Å²) in [6, 6.07) is 19.1. The molecular formula is C20H13NO4. The van der Waals surface area contributed by atoms with E-state index in [4.69, 9.17) is 4.42 Å². The highest BCUT2D eigenvalue weighted by Crippen LogP contribution is 2.24. The molecule has 25 heavy (non-hydrogen) atoms. The van der Waals surface area contributed by atoms with Crippen molar-refractivity contribution in [2.24, 2.45) is 0 Å². The predicted octanol–water partition coefficient (Wildman–Crippen LogP) is 3.90. The normalized spacial score (nSPS) is 10.9. The van der Waals surface area contributed by atoms with Crippen LogP contribution in [0.3, 0.4) is 0 Å². The monoisotopic (exact) mass is 331 g/mol. The Hall–Kier alpha value is -3.60. The predicted molar refractivity (Wildman–Crippen MR) is 96.1 cm³/mol. The number of phenolic OH excluding ortho intramolecular Hbond substituents is 1. The molecule has 0 unspecified atom stereocenters. The second kappa shape index (κ2) is 5.79. The summed E-state index contributed by atoms with van der Waals surface area (Å²) in [5.41, 5.74) is 0.00183. The molecule has 0 saturated carbocycles. The molecule has 3 aromatic carbocycles. The number of hydrogen-bond acceptors (Lipinski definition) is 4. The second-order valence-electron chi connectivity index (χ2n) is 5.65. The smallest absolute Gasteiger partial charge is 0.349 e. The number of amides is 1. The minimum atomic E-state index is -0.754. The van der Waals surface area contributed by atoms with E-state index in [9.17, 15) is 14.7 Å². The van der Waals surface area contributed by atoms with Gasteiger partial charge in [0.2, 0.25) is 0 Å². The zero-order valence-corrected chi connectivity index (χ0v) is 13.0. The quantitative estimate of drug-likeness (QED) is 0.546. The Morgan fingerprint density at radius 3 is 2.60 bits per heavy atom. The highest BCUT2D eigenvalue weighted by Gasteiger charge is 2.15. The van der Waals surface area contributed by atoms with Crippen molar-refractivity contribution in [3.8, 4) is 5.75 Å². The SMILES string of the molecule is O=C(Nc1cccc2ccccc12)c1cc2ccc(O)cc2oc1=O. The number of rotatable bonds is 2. The van der Waals surface area contributed by atoms with Crippen LogP contribution in [-0.4, -0.2) is 11.0 Å². The van der Waals surface area contributed by atoms with Crippen molar-refractivity contribution >= 4 is 33.3 Å². The van der Waals surface area contributed by atoms with Crippen LogP contribution in [0.15, 0.2) is 75.9 Å². The van der Waals surface area contributed by atoms with Gasteiger partial charge in [0.05, 0.1) is 0 Å². The minimum absolute atomic E-state index is 0.0105. The Morgan fingerprint density at radius 2 is 1.72 bits per heavy atom. The lowest BCUT2D eigenvalue weighted by Gasteiger charge is -2.08. The molecule has 0 atom stereocenters. The average molecular weight is 331 g/mol. The van der Waals surface area contributed by atoms with Crippen LogP contribution in [0.2, 0.25) is 0 Å². The van der Waals surface area contributed by atoms with Crippen LogP contribution in [0.5, 0.6) is 5.75 Å². The molecule has 5 nitrogen and oxygen atoms in total. The van der Waals surface area contributed by atoms with Gasteiger partial charge >= 0.3 is 5.63 Å². The first-order valence-electron chi connectivity index (χ1n) is 7.68. The van der Waals surface area contributed by atoms with Gasteiger partial charge in [0, 0.05) is 22.5 Å². The molecule has 1 amide bonds. The van der Waals surface area contributed by atoms with Crippen molar-refractivity contribution in [2.45, 2.75) is 0 Å². The minimum Gasteiger partial charge on any atom is -0.508 e. The van der Waals surface area contributed by atoms with Gasteiger partial charge in [-0.25, -0.2) is 4.79 Å². The summed E-state index contributed by atoms with van der Waals surface area (Å²) < 4.78 is 5.14. The van der Waals surface area contributed by atoms with Crippen molar-refractivity contribution in [1.29, 1.82) is 0 Å². The highest BCUT2D eigenvalue weighted by atomic mass is 16.4. The van der Waals surface area contributed by atoms with Crippen LogP contribution in [0, 0.1) is 0 Å². The number of aromatic hydroxyl groups is 1. The summed E-state index contributed by atoms with van der Waals surface area (Å²) in [6.45, 7) is 0. The maximum Gasteiger partial charge on any atom is 0.349 e. The van der Waals surface area contributed by atoms with E-state index >= 15 is 0 Å². The molecule has 0 saturated heterocycles. The van der Waals surface area contributed by atoms with Gasteiger partial charge in [-0.2, -0.15) is 0 Å². The molecule has 0 spiro atoms. The van der Waals surface area contributed by atoms with E-state index < -0.39 is 11.5 Å². The molecule has 4 rings (SSSR count). The molecule has 1 aromatic heterocycles. The molecule has 0 bridgehead atoms. The molecule has 122 valence electrons. The molecule has 0 aliphatic heterocycles. The fourth-order valence-corrected chi connectivity index (χ4v) is 2.78. The first kappa shape index (κ1) is 15.0. The fourth-order valence-electron chi connectivity index (χ4n) is 2.78. The van der Waals surface area contributed by atoms with Crippen molar-refractivity contribution < 1.29 is 14.3 Å². The van der Waals surface area contributed by atoms with E-state index in [1.807, 2.05) is 36.4 Å². The van der Waals surface area contributed by atoms with Gasteiger partial charge in [0.25, 0.3) is 5.91 Å². The Kier molecular flexibility index (Phi) is 3.47. The summed E-state index contributed by atoms with van der Waals surface area (Å²) in [4.78, 5) is 24.7. The number of benzene rings is 3. The molecule has 0 aliphatic rings. The third-order valence-electron chi connectivity index (χ3n) is 4.00. The zero-order chi connectivity index (χ0) is 17.4.